The number of rotatable bonds is 16. The molecule has 0 amide bonds. The van der Waals surface area contributed by atoms with Gasteiger partial charge in [-0.15, -0.1) is 0 Å². The lowest BCUT2D eigenvalue weighted by Gasteiger charge is -2.26. The Hall–Kier alpha value is -12.4. The second kappa shape index (κ2) is 26.5. The molecule has 10 heteroatoms. The van der Waals surface area contributed by atoms with E-state index in [-0.39, 0.29) is 21.2 Å². The Morgan fingerprint density at radius 2 is 0.511 bits per heavy atom. The Morgan fingerprint density at radius 3 is 0.913 bits per heavy atom. The van der Waals surface area contributed by atoms with Crippen LogP contribution in [0.1, 0.15) is 0 Å². The molecular weight excluding hydrogens is 1130 g/mol. The van der Waals surface area contributed by atoms with Crippen LogP contribution in [0.5, 0.6) is 0 Å². The third-order valence-corrected chi connectivity index (χ3v) is 16.7. The van der Waals surface area contributed by atoms with Gasteiger partial charge in [0.1, 0.15) is 0 Å². The predicted octanol–water partition coefficient (Wildman–Crippen LogP) is 22.6. The van der Waals surface area contributed by atoms with E-state index >= 15 is 0 Å². The molecule has 0 N–H and O–H groups in total. The van der Waals surface area contributed by atoms with Gasteiger partial charge in [-0.1, -0.05) is 200 Å². The molecule has 0 atom stereocenters. The van der Waals surface area contributed by atoms with Crippen LogP contribution in [0.4, 0.5) is 68.2 Å². The van der Waals surface area contributed by atoms with Gasteiger partial charge in [0, 0.05) is 95.2 Å². The Labute approximate surface area is 535 Å². The highest BCUT2D eigenvalue weighted by Gasteiger charge is 2.18. The van der Waals surface area contributed by atoms with Gasteiger partial charge in [0.2, 0.25) is 0 Å². The van der Waals surface area contributed by atoms with E-state index in [1.165, 1.54) is 56.4 Å². The zero-order chi connectivity index (χ0) is 62.9. The van der Waals surface area contributed by atoms with Crippen LogP contribution in [0, 0.1) is 20.2 Å². The van der Waals surface area contributed by atoms with E-state index in [1.807, 2.05) is 54.2 Å². The fraction of sp³-hybridized carbons (Fsp3) is 0.0244. The lowest BCUT2D eigenvalue weighted by Crippen LogP contribution is -2.10. The first-order valence-corrected chi connectivity index (χ1v) is 30.3. The quantitative estimate of drug-likeness (QED) is 0.0697. The number of nitro benzene ring substituents is 2. The van der Waals surface area contributed by atoms with Gasteiger partial charge in [-0.05, 0) is 181 Å². The molecule has 0 aromatic heterocycles. The molecule has 14 rings (SSSR count). The highest BCUT2D eigenvalue weighted by Crippen LogP contribution is 2.42. The number of nitro groups is 2. The van der Waals surface area contributed by atoms with Crippen LogP contribution in [0.15, 0.2) is 340 Å². The van der Waals surface area contributed by atoms with Gasteiger partial charge in [-0.3, -0.25) is 20.2 Å². The van der Waals surface area contributed by atoms with Gasteiger partial charge < -0.3 is 19.6 Å². The maximum absolute atomic E-state index is 11.3. The monoisotopic (exact) mass is 1190 g/mol. The van der Waals surface area contributed by atoms with Crippen LogP contribution in [0.25, 0.3) is 66.1 Å². The van der Waals surface area contributed by atoms with Crippen molar-refractivity contribution >= 4 is 89.8 Å². The lowest BCUT2D eigenvalue weighted by atomic mass is 10.0. The van der Waals surface area contributed by atoms with E-state index in [1.54, 1.807) is 24.3 Å². The van der Waals surface area contributed by atoms with Crippen LogP contribution < -0.4 is 19.6 Å². The third kappa shape index (κ3) is 12.9. The van der Waals surface area contributed by atoms with Crippen LogP contribution in [-0.4, -0.2) is 23.9 Å². The zero-order valence-corrected chi connectivity index (χ0v) is 50.6. The largest absolute Gasteiger partial charge is 0.345 e. The van der Waals surface area contributed by atoms with Gasteiger partial charge in [0.05, 0.1) is 9.85 Å². The second-order valence-corrected chi connectivity index (χ2v) is 22.4. The maximum Gasteiger partial charge on any atom is 0.271 e. The minimum atomic E-state index is -0.382. The lowest BCUT2D eigenvalue weighted by molar-refractivity contribution is -0.385. The summed E-state index contributed by atoms with van der Waals surface area (Å²) in [7, 11) is 3.87. The summed E-state index contributed by atoms with van der Waals surface area (Å²) in [5.41, 5.74) is 19.3. The molecule has 0 radical (unpaired) electrons. The predicted molar refractivity (Wildman–Crippen MR) is 381 cm³/mol. The summed E-state index contributed by atoms with van der Waals surface area (Å²) in [5.74, 6) is 0. The molecule has 0 aliphatic rings. The summed E-state index contributed by atoms with van der Waals surface area (Å²) in [6.07, 6.45) is 0. The van der Waals surface area contributed by atoms with Crippen LogP contribution in [0.3, 0.4) is 0 Å². The van der Waals surface area contributed by atoms with Crippen molar-refractivity contribution in [2.24, 2.45) is 0 Å². The van der Waals surface area contributed by atoms with Crippen LogP contribution in [0.2, 0.25) is 0 Å². The number of nitrogens with zero attached hydrogens (tertiary/aromatic N) is 6. The summed E-state index contributed by atoms with van der Waals surface area (Å²) in [6.45, 7) is 0. The first kappa shape index (κ1) is 58.6. The molecule has 10 nitrogen and oxygen atoms in total. The Kier molecular flexibility index (Phi) is 16.9. The summed E-state index contributed by atoms with van der Waals surface area (Å²) in [4.78, 5) is 30.1. The smallest absolute Gasteiger partial charge is 0.271 e. The summed E-state index contributed by atoms with van der Waals surface area (Å²) in [5, 5.41) is 27.1. The molecule has 0 saturated heterocycles. The average Bonchev–Trinajstić information content (AvgIpc) is 0.899. The second-order valence-electron chi connectivity index (χ2n) is 22.4. The Bertz CT molecular complexity index is 4890. The Morgan fingerprint density at radius 1 is 0.217 bits per heavy atom. The standard InChI is InChI=1S/2C41H31N3O2/c1-42(38-14-8-16-41(29-38)44(45)46)36-22-17-32(18-23-36)33-19-24-37(25-20-33)43(40-26-21-31-11-5-6-12-34(31)28-40)39-15-7-13-35(27-39)30-9-3-2-4-10-30;1-42(37-24-26-39(27-25-37)44(45)46)36-19-14-32(15-20-36)33-16-21-38(22-17-33)43(41-23-18-31-10-5-6-11-34(31)29-41)40-13-7-12-35(28-40)30-8-3-2-4-9-30/h2*2-29H,1H3. The van der Waals surface area contributed by atoms with Crippen molar-refractivity contribution in [3.63, 3.8) is 0 Å². The zero-order valence-electron chi connectivity index (χ0n) is 50.6. The van der Waals surface area contributed by atoms with E-state index in [9.17, 15) is 20.2 Å². The molecule has 92 heavy (non-hydrogen) atoms. The van der Waals surface area contributed by atoms with Crippen molar-refractivity contribution < 1.29 is 9.85 Å². The van der Waals surface area contributed by atoms with Gasteiger partial charge in [0.25, 0.3) is 11.4 Å². The fourth-order valence-electron chi connectivity index (χ4n) is 11.7. The number of hydrogen-bond donors (Lipinski definition) is 0. The molecular formula is C82H62N6O4. The van der Waals surface area contributed by atoms with Gasteiger partial charge in [0.15, 0.2) is 0 Å². The van der Waals surface area contributed by atoms with E-state index < -0.39 is 0 Å². The highest BCUT2D eigenvalue weighted by atomic mass is 16.6. The third-order valence-electron chi connectivity index (χ3n) is 16.7. The number of non-ortho nitro benzene ring substituents is 2. The SMILES string of the molecule is CN(c1ccc(-c2ccc(N(c3cccc(-c4ccccc4)c3)c3ccc4ccccc4c3)cc2)cc1)c1ccc([N+](=O)[O-])cc1.CN(c1ccc(-c2ccc(N(c3cccc(-c4ccccc4)c3)c3ccc4ccccc4c3)cc2)cc1)c1cccc([N+](=O)[O-])c1. The first-order valence-electron chi connectivity index (χ1n) is 30.3. The van der Waals surface area contributed by atoms with Gasteiger partial charge >= 0.3 is 0 Å². The fourth-order valence-corrected chi connectivity index (χ4v) is 11.7. The highest BCUT2D eigenvalue weighted by molar-refractivity contribution is 5.92. The van der Waals surface area contributed by atoms with Gasteiger partial charge in [-0.25, -0.2) is 0 Å². The average molecular weight is 1200 g/mol. The molecule has 0 heterocycles. The van der Waals surface area contributed by atoms with E-state index in [0.29, 0.717) is 0 Å². The molecule has 0 fully saturated rings. The molecule has 0 bridgehead atoms. The summed E-state index contributed by atoms with van der Waals surface area (Å²) < 4.78 is 0. The topological polar surface area (TPSA) is 99.2 Å². The van der Waals surface area contributed by atoms with Crippen molar-refractivity contribution in [1.29, 1.82) is 0 Å². The molecule has 0 unspecified atom stereocenters. The van der Waals surface area contributed by atoms with Crippen LogP contribution >= 0.6 is 0 Å². The van der Waals surface area contributed by atoms with Gasteiger partial charge in [-0.2, -0.15) is 0 Å². The molecule has 14 aromatic rings. The minimum Gasteiger partial charge on any atom is -0.345 e. The van der Waals surface area contributed by atoms with Crippen molar-refractivity contribution in [3.8, 4) is 44.5 Å². The number of hydrogen-bond acceptors (Lipinski definition) is 8. The first-order chi connectivity index (χ1) is 45.1. The molecule has 0 aliphatic carbocycles. The van der Waals surface area contributed by atoms with Crippen molar-refractivity contribution in [2.45, 2.75) is 0 Å². The number of anilines is 10. The molecule has 0 spiro atoms. The molecule has 14 aromatic carbocycles. The number of benzene rings is 14. The van der Waals surface area contributed by atoms with E-state index in [0.717, 1.165) is 84.7 Å². The van der Waals surface area contributed by atoms with Crippen LogP contribution in [-0.2, 0) is 0 Å². The molecule has 0 saturated carbocycles. The number of fused-ring (bicyclic) bond motifs is 2. The van der Waals surface area contributed by atoms with Crippen molar-refractivity contribution in [3.05, 3.63) is 360 Å². The summed E-state index contributed by atoms with van der Waals surface area (Å²) >= 11 is 0. The van der Waals surface area contributed by atoms with E-state index in [2.05, 4.69) is 277 Å². The maximum atomic E-state index is 11.3. The normalized spacial score (nSPS) is 10.9. The minimum absolute atomic E-state index is 0.0746. The van der Waals surface area contributed by atoms with E-state index in [4.69, 9.17) is 0 Å². The van der Waals surface area contributed by atoms with Crippen molar-refractivity contribution in [1.82, 2.24) is 0 Å². The Balaban J connectivity index is 0.000000168. The molecule has 0 aliphatic heterocycles. The molecule has 444 valence electrons. The van der Waals surface area contributed by atoms with Crippen molar-refractivity contribution in [2.75, 3.05) is 33.7 Å². The summed E-state index contributed by atoms with van der Waals surface area (Å²) in [6, 6.07) is 116.